The van der Waals surface area contributed by atoms with E-state index in [1.165, 1.54) is 4.90 Å². The number of carbonyl (C=O) groups is 1. The van der Waals surface area contributed by atoms with Crippen molar-refractivity contribution >= 4 is 35.8 Å². The van der Waals surface area contributed by atoms with E-state index in [0.717, 1.165) is 23.5 Å². The van der Waals surface area contributed by atoms with Gasteiger partial charge < -0.3 is 24.3 Å². The first-order chi connectivity index (χ1) is 13.5. The predicted molar refractivity (Wildman–Crippen MR) is 126 cm³/mol. The Morgan fingerprint density at radius 2 is 1.93 bits per heavy atom. The lowest BCUT2D eigenvalue weighted by atomic mass is 10.2. The largest absolute Gasteiger partial charge is 0.491 e. The van der Waals surface area contributed by atoms with Crippen molar-refractivity contribution in [3.8, 4) is 5.75 Å². The first-order valence-electron chi connectivity index (χ1n) is 9.38. The lowest BCUT2D eigenvalue weighted by Crippen LogP contribution is -2.42. The zero-order chi connectivity index (χ0) is 20.4. The first-order valence-corrected chi connectivity index (χ1v) is 9.38. The van der Waals surface area contributed by atoms with Crippen molar-refractivity contribution in [2.24, 2.45) is 4.99 Å². The number of amides is 1. The van der Waals surface area contributed by atoms with Crippen LogP contribution in [0.2, 0.25) is 0 Å². The first kappa shape index (κ1) is 24.8. The average molecular weight is 514 g/mol. The van der Waals surface area contributed by atoms with Crippen molar-refractivity contribution in [2.75, 3.05) is 47.4 Å². The van der Waals surface area contributed by atoms with E-state index in [1.807, 2.05) is 55.3 Å². The van der Waals surface area contributed by atoms with Crippen molar-refractivity contribution < 1.29 is 13.9 Å². The molecule has 0 aliphatic heterocycles. The lowest BCUT2D eigenvalue weighted by Gasteiger charge is -2.23. The van der Waals surface area contributed by atoms with Crippen molar-refractivity contribution in [1.29, 1.82) is 0 Å². The fourth-order valence-corrected chi connectivity index (χ4v) is 2.46. The van der Waals surface area contributed by atoms with Crippen LogP contribution in [0.15, 0.2) is 52.1 Å². The Morgan fingerprint density at radius 3 is 2.59 bits per heavy atom. The number of carbonyl (C=O) groups excluding carboxylic acids is 1. The van der Waals surface area contributed by atoms with E-state index in [4.69, 9.17) is 9.15 Å². The summed E-state index contributed by atoms with van der Waals surface area (Å²) in [4.78, 5) is 19.9. The zero-order valence-electron chi connectivity index (χ0n) is 17.6. The molecule has 7 nitrogen and oxygen atoms in total. The molecular weight excluding hydrogens is 483 g/mol. The van der Waals surface area contributed by atoms with Crippen LogP contribution < -0.4 is 10.1 Å². The van der Waals surface area contributed by atoms with Crippen molar-refractivity contribution in [3.05, 3.63) is 54.0 Å². The van der Waals surface area contributed by atoms with Crippen LogP contribution in [0.25, 0.3) is 0 Å². The predicted octanol–water partition coefficient (Wildman–Crippen LogP) is 2.79. The number of hydrogen-bond donors (Lipinski definition) is 1. The minimum absolute atomic E-state index is 0. The summed E-state index contributed by atoms with van der Waals surface area (Å²) < 4.78 is 11.2. The van der Waals surface area contributed by atoms with E-state index < -0.39 is 0 Å². The van der Waals surface area contributed by atoms with Gasteiger partial charge in [-0.1, -0.05) is 18.2 Å². The van der Waals surface area contributed by atoms with Crippen molar-refractivity contribution in [1.82, 2.24) is 15.1 Å². The van der Waals surface area contributed by atoms with Crippen molar-refractivity contribution in [3.63, 3.8) is 0 Å². The van der Waals surface area contributed by atoms with Crippen LogP contribution in [-0.4, -0.2) is 69.1 Å². The second-order valence-electron chi connectivity index (χ2n) is 6.72. The van der Waals surface area contributed by atoms with Crippen LogP contribution in [-0.2, 0) is 11.2 Å². The Labute approximate surface area is 190 Å². The van der Waals surface area contributed by atoms with Crippen LogP contribution in [0.4, 0.5) is 0 Å². The number of likely N-dealkylation sites (N-methyl/N-ethyl adjacent to an activating group) is 2. The molecule has 0 radical (unpaired) electrons. The maximum atomic E-state index is 11.9. The second-order valence-corrected chi connectivity index (χ2v) is 6.72. The molecule has 0 fully saturated rings. The van der Waals surface area contributed by atoms with Crippen molar-refractivity contribution in [2.45, 2.75) is 13.3 Å². The van der Waals surface area contributed by atoms with Crippen LogP contribution in [0.5, 0.6) is 5.75 Å². The van der Waals surface area contributed by atoms with Gasteiger partial charge in [0.15, 0.2) is 5.96 Å². The molecule has 2 rings (SSSR count). The molecule has 29 heavy (non-hydrogen) atoms. The highest BCUT2D eigenvalue weighted by atomic mass is 127. The molecule has 1 aromatic heterocycles. The number of rotatable bonds is 9. The molecule has 0 spiro atoms. The second kappa shape index (κ2) is 13.1. The van der Waals surface area contributed by atoms with Gasteiger partial charge in [0, 0.05) is 34.1 Å². The minimum Gasteiger partial charge on any atom is -0.491 e. The molecule has 0 unspecified atom stereocenters. The summed E-state index contributed by atoms with van der Waals surface area (Å²) in [6.45, 7) is 3.93. The third-order valence-electron chi connectivity index (χ3n) is 4.24. The highest BCUT2D eigenvalue weighted by Gasteiger charge is 2.10. The van der Waals surface area contributed by atoms with E-state index in [2.05, 4.69) is 10.3 Å². The number of nitrogens with one attached hydrogen (secondary N) is 1. The zero-order valence-corrected chi connectivity index (χ0v) is 19.9. The number of ether oxygens (including phenoxy) is 1. The summed E-state index contributed by atoms with van der Waals surface area (Å²) in [6.07, 6.45) is 2.40. The highest BCUT2D eigenvalue weighted by Crippen LogP contribution is 2.15. The number of hydrogen-bond acceptors (Lipinski definition) is 4. The number of aryl methyl sites for hydroxylation is 1. The number of para-hydroxylation sites is 1. The molecule has 0 bridgehead atoms. The molecule has 1 N–H and O–H groups in total. The molecular formula is C21H31IN4O3. The summed E-state index contributed by atoms with van der Waals surface area (Å²) >= 11 is 0. The molecule has 1 heterocycles. The van der Waals surface area contributed by atoms with E-state index in [9.17, 15) is 4.79 Å². The van der Waals surface area contributed by atoms with Crippen LogP contribution in [0.3, 0.4) is 0 Å². The van der Waals surface area contributed by atoms with E-state index in [-0.39, 0.29) is 36.4 Å². The summed E-state index contributed by atoms with van der Waals surface area (Å²) in [7, 11) is 5.38. The third kappa shape index (κ3) is 8.76. The van der Waals surface area contributed by atoms with Crippen LogP contribution >= 0.6 is 24.0 Å². The Kier molecular flexibility index (Phi) is 11.2. The van der Waals surface area contributed by atoms with Gasteiger partial charge in [-0.05, 0) is 30.7 Å². The minimum atomic E-state index is -0.0464. The lowest BCUT2D eigenvalue weighted by molar-refractivity contribution is -0.127. The number of halogens is 1. The summed E-state index contributed by atoms with van der Waals surface area (Å²) in [5.41, 5.74) is 1.10. The van der Waals surface area contributed by atoms with Gasteiger partial charge in [0.1, 0.15) is 24.7 Å². The van der Waals surface area contributed by atoms with Gasteiger partial charge >= 0.3 is 0 Å². The molecule has 0 atom stereocenters. The molecule has 0 saturated heterocycles. The fourth-order valence-electron chi connectivity index (χ4n) is 2.46. The maximum absolute atomic E-state index is 11.9. The van der Waals surface area contributed by atoms with Crippen LogP contribution in [0, 0.1) is 6.92 Å². The SMILES string of the molecule is Cc1ccccc1OCCN(C)C(=NCC(=O)N(C)C)NCCc1ccco1.I. The maximum Gasteiger partial charge on any atom is 0.243 e. The van der Waals surface area contributed by atoms with Gasteiger partial charge in [0.25, 0.3) is 0 Å². The van der Waals surface area contributed by atoms with Crippen LogP contribution in [0.1, 0.15) is 11.3 Å². The van der Waals surface area contributed by atoms with Gasteiger partial charge in [0.2, 0.25) is 5.91 Å². The number of guanidine groups is 1. The third-order valence-corrected chi connectivity index (χ3v) is 4.24. The summed E-state index contributed by atoms with van der Waals surface area (Å²) in [5.74, 6) is 2.40. The van der Waals surface area contributed by atoms with E-state index in [1.54, 1.807) is 20.4 Å². The summed E-state index contributed by atoms with van der Waals surface area (Å²) in [5, 5.41) is 3.30. The fraction of sp³-hybridized carbons (Fsp3) is 0.429. The van der Waals surface area contributed by atoms with Gasteiger partial charge in [-0.15, -0.1) is 24.0 Å². The Morgan fingerprint density at radius 1 is 1.17 bits per heavy atom. The smallest absolute Gasteiger partial charge is 0.243 e. The molecule has 0 saturated carbocycles. The van der Waals surface area contributed by atoms with Gasteiger partial charge in [-0.3, -0.25) is 4.79 Å². The molecule has 160 valence electrons. The molecule has 1 amide bonds. The molecule has 1 aromatic carbocycles. The van der Waals surface area contributed by atoms with E-state index in [0.29, 0.717) is 25.7 Å². The highest BCUT2D eigenvalue weighted by molar-refractivity contribution is 14.0. The number of furan rings is 1. The van der Waals surface area contributed by atoms with Gasteiger partial charge in [-0.2, -0.15) is 0 Å². The average Bonchev–Trinajstić information content (AvgIpc) is 3.19. The van der Waals surface area contributed by atoms with Gasteiger partial charge in [0.05, 0.1) is 12.8 Å². The van der Waals surface area contributed by atoms with Gasteiger partial charge in [-0.25, -0.2) is 4.99 Å². The molecule has 0 aliphatic rings. The summed E-state index contributed by atoms with van der Waals surface area (Å²) in [6, 6.07) is 11.7. The molecule has 0 aliphatic carbocycles. The number of benzene rings is 1. The Balaban J connectivity index is 0.00000420. The standard InChI is InChI=1S/C21H30N4O3.HI/c1-17-8-5-6-10-19(17)28-15-13-25(4)21(23-16-20(26)24(2)3)22-12-11-18-9-7-14-27-18;/h5-10,14H,11-13,15-16H2,1-4H3,(H,22,23);1H. The normalized spacial score (nSPS) is 10.8. The number of aliphatic imine (C=N–C) groups is 1. The molecule has 2 aromatic rings. The van der Waals surface area contributed by atoms with E-state index >= 15 is 0 Å². The monoisotopic (exact) mass is 514 g/mol. The Bertz CT molecular complexity index is 763. The quantitative estimate of drug-likeness (QED) is 0.317. The topological polar surface area (TPSA) is 70.3 Å². The number of nitrogens with zero attached hydrogens (tertiary/aromatic N) is 3. The molecule has 8 heteroatoms. The Hall–Kier alpha value is -2.23.